The predicted octanol–water partition coefficient (Wildman–Crippen LogP) is 3.81. The molecule has 4 nitrogen and oxygen atoms in total. The molecule has 0 aliphatic carbocycles. The Labute approximate surface area is 136 Å². The summed E-state index contributed by atoms with van der Waals surface area (Å²) in [6.07, 6.45) is 0.909. The molecule has 1 amide bonds. The van der Waals surface area contributed by atoms with Crippen molar-refractivity contribution in [3.05, 3.63) is 59.2 Å². The molecule has 2 aromatic rings. The van der Waals surface area contributed by atoms with Crippen molar-refractivity contribution in [2.45, 2.75) is 27.2 Å². The summed E-state index contributed by atoms with van der Waals surface area (Å²) in [4.78, 5) is 23.5. The maximum absolute atomic E-state index is 12.1. The molecule has 0 saturated heterocycles. The summed E-state index contributed by atoms with van der Waals surface area (Å²) in [5.74, 6) is -0.164. The van der Waals surface area contributed by atoms with Crippen LogP contribution in [0.2, 0.25) is 0 Å². The minimum atomic E-state index is -0.143. The van der Waals surface area contributed by atoms with Gasteiger partial charge in [0.25, 0.3) is 0 Å². The number of amides is 1. The fraction of sp³-hybridized carbons (Fsp3) is 0.263. The Morgan fingerprint density at radius 3 is 2.52 bits per heavy atom. The number of rotatable bonds is 6. The van der Waals surface area contributed by atoms with Crippen molar-refractivity contribution in [3.8, 4) is 0 Å². The highest BCUT2D eigenvalue weighted by atomic mass is 16.2. The highest BCUT2D eigenvalue weighted by Gasteiger charge is 2.08. The van der Waals surface area contributed by atoms with E-state index in [-0.39, 0.29) is 18.2 Å². The summed E-state index contributed by atoms with van der Waals surface area (Å²) in [7, 11) is 0. The van der Waals surface area contributed by atoms with Gasteiger partial charge < -0.3 is 10.6 Å². The van der Waals surface area contributed by atoms with Crippen LogP contribution in [0.15, 0.2) is 42.5 Å². The van der Waals surface area contributed by atoms with Crippen LogP contribution in [0.4, 0.5) is 11.4 Å². The molecule has 0 atom stereocenters. The zero-order valence-corrected chi connectivity index (χ0v) is 13.8. The molecule has 0 aromatic heterocycles. The standard InChI is InChI=1S/C19H22N2O2/c1-4-15-8-5-7-13(2)19(15)20-12-18(23)21-17-10-6-9-16(11-17)14(3)22/h5-11,20H,4,12H2,1-3H3,(H,21,23). The third-order valence-electron chi connectivity index (χ3n) is 3.72. The Kier molecular flexibility index (Phi) is 5.52. The third kappa shape index (κ3) is 4.42. The van der Waals surface area contributed by atoms with Gasteiger partial charge >= 0.3 is 0 Å². The Balaban J connectivity index is 2.01. The number of carbonyl (C=O) groups is 2. The predicted molar refractivity (Wildman–Crippen MR) is 94.1 cm³/mol. The van der Waals surface area contributed by atoms with E-state index in [4.69, 9.17) is 0 Å². The molecule has 0 spiro atoms. The largest absolute Gasteiger partial charge is 0.376 e. The summed E-state index contributed by atoms with van der Waals surface area (Å²) in [6.45, 7) is 5.80. The number of hydrogen-bond acceptors (Lipinski definition) is 3. The van der Waals surface area contributed by atoms with Gasteiger partial charge in [0.1, 0.15) is 0 Å². The molecule has 0 aliphatic rings. The zero-order chi connectivity index (χ0) is 16.8. The van der Waals surface area contributed by atoms with E-state index in [0.717, 1.165) is 17.7 Å². The van der Waals surface area contributed by atoms with Crippen LogP contribution in [-0.4, -0.2) is 18.2 Å². The second kappa shape index (κ2) is 7.58. The molecule has 0 unspecified atom stereocenters. The van der Waals surface area contributed by atoms with Gasteiger partial charge in [-0.05, 0) is 43.5 Å². The first-order valence-electron chi connectivity index (χ1n) is 7.74. The normalized spacial score (nSPS) is 10.2. The van der Waals surface area contributed by atoms with Crippen molar-refractivity contribution in [2.75, 3.05) is 17.2 Å². The number of carbonyl (C=O) groups excluding carboxylic acids is 2. The molecule has 0 aliphatic heterocycles. The van der Waals surface area contributed by atoms with Gasteiger partial charge in [-0.25, -0.2) is 0 Å². The number of ketones is 1. The summed E-state index contributed by atoms with van der Waals surface area (Å²) in [6, 6.07) is 13.1. The smallest absolute Gasteiger partial charge is 0.243 e. The minimum Gasteiger partial charge on any atom is -0.376 e. The van der Waals surface area contributed by atoms with Crippen LogP contribution in [-0.2, 0) is 11.2 Å². The first kappa shape index (κ1) is 16.7. The van der Waals surface area contributed by atoms with E-state index in [0.29, 0.717) is 11.3 Å². The van der Waals surface area contributed by atoms with E-state index >= 15 is 0 Å². The average Bonchev–Trinajstić information content (AvgIpc) is 2.53. The molecule has 0 heterocycles. The second-order valence-electron chi connectivity index (χ2n) is 5.50. The third-order valence-corrected chi connectivity index (χ3v) is 3.72. The molecular weight excluding hydrogens is 288 g/mol. The van der Waals surface area contributed by atoms with E-state index in [1.165, 1.54) is 12.5 Å². The molecule has 2 rings (SSSR count). The van der Waals surface area contributed by atoms with Gasteiger partial charge in [-0.15, -0.1) is 0 Å². The van der Waals surface area contributed by atoms with Crippen LogP contribution in [0.5, 0.6) is 0 Å². The lowest BCUT2D eigenvalue weighted by Gasteiger charge is -2.14. The number of Topliss-reactive ketones (excluding diaryl/α,β-unsaturated/α-hetero) is 1. The molecule has 4 heteroatoms. The van der Waals surface area contributed by atoms with Gasteiger partial charge in [-0.3, -0.25) is 9.59 Å². The van der Waals surface area contributed by atoms with Crippen LogP contribution >= 0.6 is 0 Å². The van der Waals surface area contributed by atoms with E-state index < -0.39 is 0 Å². The van der Waals surface area contributed by atoms with Crippen LogP contribution in [0, 0.1) is 6.92 Å². The molecule has 0 fully saturated rings. The maximum Gasteiger partial charge on any atom is 0.243 e. The molecule has 0 radical (unpaired) electrons. The van der Waals surface area contributed by atoms with E-state index in [2.05, 4.69) is 23.6 Å². The van der Waals surface area contributed by atoms with Crippen molar-refractivity contribution in [2.24, 2.45) is 0 Å². The summed E-state index contributed by atoms with van der Waals surface area (Å²) in [5, 5.41) is 6.02. The van der Waals surface area contributed by atoms with Gasteiger partial charge in [0, 0.05) is 16.9 Å². The molecule has 0 saturated carbocycles. The number of anilines is 2. The molecular formula is C19H22N2O2. The van der Waals surface area contributed by atoms with Crippen molar-refractivity contribution in [1.82, 2.24) is 0 Å². The quantitative estimate of drug-likeness (QED) is 0.798. The molecule has 0 bridgehead atoms. The first-order valence-corrected chi connectivity index (χ1v) is 7.74. The molecule has 2 N–H and O–H groups in total. The van der Waals surface area contributed by atoms with Crippen molar-refractivity contribution in [3.63, 3.8) is 0 Å². The number of aryl methyl sites for hydroxylation is 2. The van der Waals surface area contributed by atoms with Crippen molar-refractivity contribution in [1.29, 1.82) is 0 Å². The van der Waals surface area contributed by atoms with E-state index in [1.54, 1.807) is 24.3 Å². The number of hydrogen-bond donors (Lipinski definition) is 2. The minimum absolute atomic E-state index is 0.0216. The lowest BCUT2D eigenvalue weighted by molar-refractivity contribution is -0.114. The van der Waals surface area contributed by atoms with Gasteiger partial charge in [0.05, 0.1) is 6.54 Å². The Morgan fingerprint density at radius 1 is 1.09 bits per heavy atom. The monoisotopic (exact) mass is 310 g/mol. The average molecular weight is 310 g/mol. The first-order chi connectivity index (χ1) is 11.0. The molecule has 23 heavy (non-hydrogen) atoms. The van der Waals surface area contributed by atoms with Crippen LogP contribution in [0.3, 0.4) is 0 Å². The Morgan fingerprint density at radius 2 is 1.83 bits per heavy atom. The summed E-state index contributed by atoms with van der Waals surface area (Å²) in [5.41, 5.74) is 4.54. The lowest BCUT2D eigenvalue weighted by Crippen LogP contribution is -2.22. The Bertz CT molecular complexity index is 723. The molecule has 2 aromatic carbocycles. The van der Waals surface area contributed by atoms with Crippen LogP contribution in [0.25, 0.3) is 0 Å². The van der Waals surface area contributed by atoms with Gasteiger partial charge in [0.15, 0.2) is 5.78 Å². The fourth-order valence-electron chi connectivity index (χ4n) is 2.47. The van der Waals surface area contributed by atoms with Crippen LogP contribution in [0.1, 0.15) is 35.3 Å². The SMILES string of the molecule is CCc1cccc(C)c1NCC(=O)Nc1cccc(C(C)=O)c1. The van der Waals surface area contributed by atoms with Gasteiger partial charge in [-0.1, -0.05) is 37.3 Å². The topological polar surface area (TPSA) is 58.2 Å². The highest BCUT2D eigenvalue weighted by Crippen LogP contribution is 2.20. The summed E-state index contributed by atoms with van der Waals surface area (Å²) >= 11 is 0. The highest BCUT2D eigenvalue weighted by molar-refractivity contribution is 5.98. The van der Waals surface area contributed by atoms with Crippen LogP contribution < -0.4 is 10.6 Å². The van der Waals surface area contributed by atoms with Gasteiger partial charge in [-0.2, -0.15) is 0 Å². The van der Waals surface area contributed by atoms with Crippen molar-refractivity contribution < 1.29 is 9.59 Å². The second-order valence-corrected chi connectivity index (χ2v) is 5.50. The Hall–Kier alpha value is -2.62. The maximum atomic E-state index is 12.1. The van der Waals surface area contributed by atoms with E-state index in [9.17, 15) is 9.59 Å². The van der Waals surface area contributed by atoms with Gasteiger partial charge in [0.2, 0.25) is 5.91 Å². The van der Waals surface area contributed by atoms with Crippen molar-refractivity contribution >= 4 is 23.1 Å². The number of nitrogens with one attached hydrogen (secondary N) is 2. The zero-order valence-electron chi connectivity index (χ0n) is 13.8. The number of benzene rings is 2. The fourth-order valence-corrected chi connectivity index (χ4v) is 2.47. The summed E-state index contributed by atoms with van der Waals surface area (Å²) < 4.78 is 0. The molecule has 120 valence electrons. The number of para-hydroxylation sites is 1. The lowest BCUT2D eigenvalue weighted by atomic mass is 10.1. The van der Waals surface area contributed by atoms with E-state index in [1.807, 2.05) is 19.1 Å².